The van der Waals surface area contributed by atoms with Gasteiger partial charge in [0.05, 0.1) is 6.54 Å². The Morgan fingerprint density at radius 1 is 1.39 bits per heavy atom. The lowest BCUT2D eigenvalue weighted by molar-refractivity contribution is 0.1000. The van der Waals surface area contributed by atoms with Crippen LogP contribution in [0.15, 0.2) is 35.4 Å². The largest absolute Gasteiger partial charge is 0.366 e. The predicted octanol–water partition coefficient (Wildman–Crippen LogP) is 0.473. The molecule has 2 N–H and O–H groups in total. The first kappa shape index (κ1) is 12.1. The van der Waals surface area contributed by atoms with Crippen LogP contribution in [0.1, 0.15) is 15.9 Å². The van der Waals surface area contributed by atoms with E-state index in [-0.39, 0.29) is 23.4 Å². The van der Waals surface area contributed by atoms with Gasteiger partial charge in [-0.3, -0.25) is 9.36 Å². The number of benzene rings is 1. The summed E-state index contributed by atoms with van der Waals surface area (Å²) in [4.78, 5) is 22.6. The summed E-state index contributed by atoms with van der Waals surface area (Å²) in [5, 5.41) is 0. The van der Waals surface area contributed by atoms with Gasteiger partial charge in [0.25, 0.3) is 0 Å². The molecule has 1 aromatic heterocycles. The summed E-state index contributed by atoms with van der Waals surface area (Å²) in [6.07, 6.45) is 3.14. The van der Waals surface area contributed by atoms with Crippen LogP contribution in [-0.4, -0.2) is 15.0 Å². The zero-order chi connectivity index (χ0) is 13.3. The highest BCUT2D eigenvalue weighted by molar-refractivity contribution is 5.92. The molecule has 1 amide bonds. The minimum absolute atomic E-state index is 0.0621. The Labute approximate surface area is 102 Å². The van der Waals surface area contributed by atoms with E-state index in [1.165, 1.54) is 27.3 Å². The standard InChI is InChI=1S/C12H12FN3O2/c1-15-4-5-16(12(15)18)7-9-6-8(11(14)17)2-3-10(9)13/h2-6H,7H2,1H3,(H2,14,17). The quantitative estimate of drug-likeness (QED) is 0.859. The molecule has 0 bridgehead atoms. The van der Waals surface area contributed by atoms with E-state index in [0.717, 1.165) is 0 Å². The van der Waals surface area contributed by atoms with E-state index < -0.39 is 11.7 Å². The van der Waals surface area contributed by atoms with Gasteiger partial charge in [0, 0.05) is 30.6 Å². The van der Waals surface area contributed by atoms with Gasteiger partial charge in [-0.15, -0.1) is 0 Å². The van der Waals surface area contributed by atoms with E-state index in [4.69, 9.17) is 5.73 Å². The molecule has 0 atom stereocenters. The van der Waals surface area contributed by atoms with Gasteiger partial charge in [0.1, 0.15) is 5.82 Å². The normalized spacial score (nSPS) is 10.6. The highest BCUT2D eigenvalue weighted by Crippen LogP contribution is 2.11. The Morgan fingerprint density at radius 3 is 2.67 bits per heavy atom. The molecule has 0 radical (unpaired) electrons. The van der Waals surface area contributed by atoms with Gasteiger partial charge in [0.2, 0.25) is 5.91 Å². The summed E-state index contributed by atoms with van der Waals surface area (Å²) in [5.74, 6) is -1.10. The highest BCUT2D eigenvalue weighted by Gasteiger charge is 2.09. The molecule has 0 aliphatic carbocycles. The molecule has 0 fully saturated rings. The molecule has 2 aromatic rings. The monoisotopic (exact) mass is 249 g/mol. The Bertz CT molecular complexity index is 658. The van der Waals surface area contributed by atoms with Gasteiger partial charge in [-0.05, 0) is 18.2 Å². The lowest BCUT2D eigenvalue weighted by Gasteiger charge is -2.05. The molecule has 2 rings (SSSR count). The SMILES string of the molecule is Cn1ccn(Cc2cc(C(N)=O)ccc2F)c1=O. The van der Waals surface area contributed by atoms with Crippen LogP contribution in [0.5, 0.6) is 0 Å². The summed E-state index contributed by atoms with van der Waals surface area (Å²) in [5.41, 5.74) is 5.34. The van der Waals surface area contributed by atoms with Gasteiger partial charge in [-0.2, -0.15) is 0 Å². The van der Waals surface area contributed by atoms with E-state index in [1.807, 2.05) is 0 Å². The van der Waals surface area contributed by atoms with Gasteiger partial charge in [-0.1, -0.05) is 0 Å². The maximum absolute atomic E-state index is 13.6. The molecule has 0 unspecified atom stereocenters. The van der Waals surface area contributed by atoms with Crippen LogP contribution in [0, 0.1) is 5.82 Å². The maximum Gasteiger partial charge on any atom is 0.328 e. The summed E-state index contributed by atoms with van der Waals surface area (Å²) in [7, 11) is 1.61. The molecule has 5 nitrogen and oxygen atoms in total. The Balaban J connectivity index is 2.39. The van der Waals surface area contributed by atoms with Crippen LogP contribution in [0.2, 0.25) is 0 Å². The van der Waals surface area contributed by atoms with E-state index in [2.05, 4.69) is 0 Å². The maximum atomic E-state index is 13.6. The van der Waals surface area contributed by atoms with E-state index in [0.29, 0.717) is 0 Å². The molecule has 0 spiro atoms. The fourth-order valence-corrected chi connectivity index (χ4v) is 1.66. The van der Waals surface area contributed by atoms with Gasteiger partial charge in [0.15, 0.2) is 0 Å². The topological polar surface area (TPSA) is 70.0 Å². The zero-order valence-corrected chi connectivity index (χ0v) is 9.76. The van der Waals surface area contributed by atoms with Crippen molar-refractivity contribution in [1.29, 1.82) is 0 Å². The van der Waals surface area contributed by atoms with Crippen LogP contribution >= 0.6 is 0 Å². The molecule has 18 heavy (non-hydrogen) atoms. The van der Waals surface area contributed by atoms with Crippen molar-refractivity contribution in [3.8, 4) is 0 Å². The van der Waals surface area contributed by atoms with Crippen molar-refractivity contribution in [3.05, 3.63) is 58.0 Å². The Morgan fingerprint density at radius 2 is 2.11 bits per heavy atom. The fraction of sp³-hybridized carbons (Fsp3) is 0.167. The molecule has 0 aliphatic heterocycles. The van der Waals surface area contributed by atoms with Crippen LogP contribution in [-0.2, 0) is 13.6 Å². The number of amides is 1. The minimum Gasteiger partial charge on any atom is -0.366 e. The average Bonchev–Trinajstić information content (AvgIpc) is 2.63. The van der Waals surface area contributed by atoms with E-state index in [1.54, 1.807) is 19.4 Å². The number of carbonyl (C=O) groups is 1. The number of nitrogens with zero attached hydrogens (tertiary/aromatic N) is 2. The number of imidazole rings is 1. The van der Waals surface area contributed by atoms with Crippen molar-refractivity contribution in [3.63, 3.8) is 0 Å². The molecule has 6 heteroatoms. The number of carbonyl (C=O) groups excluding carboxylic acids is 1. The summed E-state index contributed by atoms with van der Waals surface area (Å²) < 4.78 is 16.3. The minimum atomic E-state index is -0.628. The third-order valence-electron chi connectivity index (χ3n) is 2.69. The lowest BCUT2D eigenvalue weighted by atomic mass is 10.1. The van der Waals surface area contributed by atoms with Crippen molar-refractivity contribution in [2.24, 2.45) is 12.8 Å². The lowest BCUT2D eigenvalue weighted by Crippen LogP contribution is -2.23. The molecule has 0 aliphatic rings. The molecule has 1 heterocycles. The molecule has 0 saturated heterocycles. The number of aromatic nitrogens is 2. The highest BCUT2D eigenvalue weighted by atomic mass is 19.1. The second kappa shape index (κ2) is 4.48. The van der Waals surface area contributed by atoms with Crippen LogP contribution in [0.4, 0.5) is 4.39 Å². The smallest absolute Gasteiger partial charge is 0.328 e. The van der Waals surface area contributed by atoms with Gasteiger partial charge < -0.3 is 10.3 Å². The van der Waals surface area contributed by atoms with Crippen molar-refractivity contribution >= 4 is 5.91 Å². The molecular weight excluding hydrogens is 237 g/mol. The first-order valence-electron chi connectivity index (χ1n) is 5.29. The first-order valence-corrected chi connectivity index (χ1v) is 5.29. The third-order valence-corrected chi connectivity index (χ3v) is 2.69. The van der Waals surface area contributed by atoms with Gasteiger partial charge >= 0.3 is 5.69 Å². The number of halogens is 1. The fourth-order valence-electron chi connectivity index (χ4n) is 1.66. The number of primary amides is 1. The van der Waals surface area contributed by atoms with E-state index >= 15 is 0 Å². The number of nitrogens with two attached hydrogens (primary N) is 1. The second-order valence-electron chi connectivity index (χ2n) is 3.99. The van der Waals surface area contributed by atoms with Gasteiger partial charge in [-0.25, -0.2) is 9.18 Å². The Hall–Kier alpha value is -2.37. The van der Waals surface area contributed by atoms with Crippen LogP contribution < -0.4 is 11.4 Å². The summed E-state index contributed by atoms with van der Waals surface area (Å²) in [6, 6.07) is 3.84. The molecule has 1 aromatic carbocycles. The van der Waals surface area contributed by atoms with Crippen molar-refractivity contribution in [1.82, 2.24) is 9.13 Å². The van der Waals surface area contributed by atoms with Crippen LogP contribution in [0.25, 0.3) is 0 Å². The van der Waals surface area contributed by atoms with Crippen molar-refractivity contribution < 1.29 is 9.18 Å². The summed E-state index contributed by atoms with van der Waals surface area (Å²) in [6.45, 7) is 0.0621. The Kier molecular flexibility index (Phi) is 3.01. The zero-order valence-electron chi connectivity index (χ0n) is 9.76. The summed E-state index contributed by atoms with van der Waals surface area (Å²) >= 11 is 0. The first-order chi connectivity index (χ1) is 8.49. The second-order valence-corrected chi connectivity index (χ2v) is 3.99. The average molecular weight is 249 g/mol. The van der Waals surface area contributed by atoms with Crippen molar-refractivity contribution in [2.45, 2.75) is 6.54 Å². The molecule has 94 valence electrons. The number of hydrogen-bond acceptors (Lipinski definition) is 2. The third kappa shape index (κ3) is 2.17. The number of rotatable bonds is 3. The number of aryl methyl sites for hydroxylation is 1. The molecule has 0 saturated carbocycles. The molecular formula is C12H12FN3O2. The van der Waals surface area contributed by atoms with E-state index in [9.17, 15) is 14.0 Å². The van der Waals surface area contributed by atoms with Crippen LogP contribution in [0.3, 0.4) is 0 Å². The van der Waals surface area contributed by atoms with Crippen molar-refractivity contribution in [2.75, 3.05) is 0 Å². The number of hydrogen-bond donors (Lipinski definition) is 1. The predicted molar refractivity (Wildman–Crippen MR) is 63.7 cm³/mol.